The van der Waals surface area contributed by atoms with Crippen molar-refractivity contribution in [3.05, 3.63) is 77.0 Å². The molecule has 0 amide bonds. The van der Waals surface area contributed by atoms with E-state index in [2.05, 4.69) is 11.1 Å². The Hall–Kier alpha value is -2.61. The van der Waals surface area contributed by atoms with Gasteiger partial charge in [0.15, 0.2) is 5.78 Å². The van der Waals surface area contributed by atoms with Crippen molar-refractivity contribution < 1.29 is 4.79 Å². The van der Waals surface area contributed by atoms with Crippen LogP contribution in [-0.2, 0) is 0 Å². The Morgan fingerprint density at radius 1 is 1.05 bits per heavy atom. The summed E-state index contributed by atoms with van der Waals surface area (Å²) in [6.45, 7) is 3.84. The largest absolute Gasteiger partial charge is 0.361 e. The van der Waals surface area contributed by atoms with E-state index in [-0.39, 0.29) is 5.78 Å². The monoisotopic (exact) mass is 275 g/mol. The van der Waals surface area contributed by atoms with E-state index in [1.54, 1.807) is 0 Å². The Morgan fingerprint density at radius 3 is 2.57 bits per heavy atom. The van der Waals surface area contributed by atoms with Crippen LogP contribution in [-0.4, -0.2) is 10.8 Å². The molecule has 1 N–H and O–H groups in total. The number of carbonyl (C=O) groups excluding carboxylic acids is 1. The average Bonchev–Trinajstić information content (AvgIpc) is 2.90. The Kier molecular flexibility index (Phi) is 3.44. The van der Waals surface area contributed by atoms with Crippen LogP contribution < -0.4 is 0 Å². The fraction of sp³-hybridized carbons (Fsp3) is 0.105. The number of hydrogen-bond donors (Lipinski definition) is 1. The molecule has 0 unspecified atom stereocenters. The molecule has 0 bridgehead atoms. The minimum atomic E-state index is 0.0818. The highest BCUT2D eigenvalue weighted by Gasteiger charge is 2.11. The van der Waals surface area contributed by atoms with Crippen molar-refractivity contribution in [2.45, 2.75) is 13.8 Å². The second kappa shape index (κ2) is 5.41. The van der Waals surface area contributed by atoms with Crippen molar-refractivity contribution in [1.29, 1.82) is 0 Å². The van der Waals surface area contributed by atoms with Gasteiger partial charge in [-0.25, -0.2) is 0 Å². The molecule has 1 heterocycles. The quantitative estimate of drug-likeness (QED) is 0.542. The second-order valence-electron chi connectivity index (χ2n) is 5.26. The van der Waals surface area contributed by atoms with E-state index in [0.29, 0.717) is 0 Å². The first-order valence-corrected chi connectivity index (χ1v) is 7.01. The van der Waals surface area contributed by atoms with Crippen LogP contribution in [0.2, 0.25) is 0 Å². The van der Waals surface area contributed by atoms with Gasteiger partial charge in [-0.15, -0.1) is 0 Å². The maximum Gasteiger partial charge on any atom is 0.189 e. The van der Waals surface area contributed by atoms with Crippen LogP contribution >= 0.6 is 0 Å². The molecule has 0 spiro atoms. The van der Waals surface area contributed by atoms with Crippen LogP contribution in [0.25, 0.3) is 17.0 Å². The third kappa shape index (κ3) is 2.52. The molecule has 2 heteroatoms. The van der Waals surface area contributed by atoms with Gasteiger partial charge in [-0.05, 0) is 37.1 Å². The van der Waals surface area contributed by atoms with E-state index in [9.17, 15) is 4.79 Å². The number of aromatic nitrogens is 1. The molecule has 3 aromatic rings. The van der Waals surface area contributed by atoms with Gasteiger partial charge >= 0.3 is 0 Å². The minimum absolute atomic E-state index is 0.0818. The Bertz CT molecular complexity index is 839. The summed E-state index contributed by atoms with van der Waals surface area (Å²) in [5.41, 5.74) is 4.65. The molecule has 3 rings (SSSR count). The SMILES string of the molecule is C/C(=C\c1c[nH]c2ccccc12)C(=O)c1ccccc1C. The molecule has 0 saturated carbocycles. The van der Waals surface area contributed by atoms with Gasteiger partial charge in [-0.3, -0.25) is 4.79 Å². The molecule has 0 saturated heterocycles. The molecule has 0 radical (unpaired) electrons. The van der Waals surface area contributed by atoms with E-state index in [1.165, 1.54) is 0 Å². The number of benzene rings is 2. The Labute approximate surface area is 124 Å². The molecule has 0 aliphatic carbocycles. The topological polar surface area (TPSA) is 32.9 Å². The molecule has 0 aliphatic rings. The molecular weight excluding hydrogens is 258 g/mol. The highest BCUT2D eigenvalue weighted by Crippen LogP contribution is 2.22. The van der Waals surface area contributed by atoms with Crippen molar-refractivity contribution in [3.8, 4) is 0 Å². The summed E-state index contributed by atoms with van der Waals surface area (Å²) in [6, 6.07) is 15.8. The van der Waals surface area contributed by atoms with Crippen LogP contribution in [0.4, 0.5) is 0 Å². The number of nitrogens with one attached hydrogen (secondary N) is 1. The van der Waals surface area contributed by atoms with E-state index >= 15 is 0 Å². The summed E-state index contributed by atoms with van der Waals surface area (Å²) < 4.78 is 0. The summed E-state index contributed by atoms with van der Waals surface area (Å²) in [7, 11) is 0. The number of fused-ring (bicyclic) bond motifs is 1. The van der Waals surface area contributed by atoms with Crippen LogP contribution in [0.15, 0.2) is 60.3 Å². The lowest BCUT2D eigenvalue weighted by molar-refractivity contribution is 0.103. The van der Waals surface area contributed by atoms with Gasteiger partial charge in [-0.2, -0.15) is 0 Å². The molecule has 2 aromatic carbocycles. The summed E-state index contributed by atoms with van der Waals surface area (Å²) in [5.74, 6) is 0.0818. The van der Waals surface area contributed by atoms with Crippen molar-refractivity contribution in [2.24, 2.45) is 0 Å². The minimum Gasteiger partial charge on any atom is -0.361 e. The third-order valence-corrected chi connectivity index (χ3v) is 3.74. The highest BCUT2D eigenvalue weighted by molar-refractivity contribution is 6.12. The van der Waals surface area contributed by atoms with Gasteiger partial charge in [0.1, 0.15) is 0 Å². The Balaban J connectivity index is 2.00. The predicted octanol–water partition coefficient (Wildman–Crippen LogP) is 4.76. The summed E-state index contributed by atoms with van der Waals surface area (Å²) >= 11 is 0. The van der Waals surface area contributed by atoms with Gasteiger partial charge < -0.3 is 4.98 Å². The number of ketones is 1. The lowest BCUT2D eigenvalue weighted by atomic mass is 9.98. The third-order valence-electron chi connectivity index (χ3n) is 3.74. The lowest BCUT2D eigenvalue weighted by Gasteiger charge is -2.04. The van der Waals surface area contributed by atoms with Gasteiger partial charge in [0, 0.05) is 28.2 Å². The average molecular weight is 275 g/mol. The number of allylic oxidation sites excluding steroid dienone is 1. The fourth-order valence-corrected chi connectivity index (χ4v) is 2.55. The number of Topliss-reactive ketones (excluding diaryl/α,β-unsaturated/α-hetero) is 1. The van der Waals surface area contributed by atoms with E-state index in [1.807, 2.05) is 68.6 Å². The number of carbonyl (C=O) groups is 1. The molecule has 1 aromatic heterocycles. The highest BCUT2D eigenvalue weighted by atomic mass is 16.1. The molecule has 0 atom stereocenters. The maximum absolute atomic E-state index is 12.5. The number of hydrogen-bond acceptors (Lipinski definition) is 1. The first-order valence-electron chi connectivity index (χ1n) is 7.01. The number of aryl methyl sites for hydroxylation is 1. The zero-order chi connectivity index (χ0) is 14.8. The van der Waals surface area contributed by atoms with Crippen molar-refractivity contribution in [3.63, 3.8) is 0 Å². The summed E-state index contributed by atoms with van der Waals surface area (Å²) in [5, 5.41) is 1.13. The van der Waals surface area contributed by atoms with Gasteiger partial charge in [0.25, 0.3) is 0 Å². The fourth-order valence-electron chi connectivity index (χ4n) is 2.55. The smallest absolute Gasteiger partial charge is 0.189 e. The first-order chi connectivity index (χ1) is 10.2. The van der Waals surface area contributed by atoms with Crippen LogP contribution in [0, 0.1) is 6.92 Å². The summed E-state index contributed by atoms with van der Waals surface area (Å²) in [4.78, 5) is 15.8. The number of H-pyrrole nitrogens is 1. The zero-order valence-electron chi connectivity index (χ0n) is 12.2. The molecule has 0 fully saturated rings. The van der Waals surface area contributed by atoms with Crippen LogP contribution in [0.5, 0.6) is 0 Å². The van der Waals surface area contributed by atoms with Crippen LogP contribution in [0.3, 0.4) is 0 Å². The molecular formula is C19H17NO. The van der Waals surface area contributed by atoms with Crippen molar-refractivity contribution >= 4 is 22.8 Å². The standard InChI is InChI=1S/C19H17NO/c1-13-7-3-4-8-16(13)19(21)14(2)11-15-12-20-18-10-6-5-9-17(15)18/h3-12,20H,1-2H3/b14-11+. The second-order valence-corrected chi connectivity index (χ2v) is 5.26. The molecule has 0 aliphatic heterocycles. The number of para-hydroxylation sites is 1. The maximum atomic E-state index is 12.5. The number of aromatic amines is 1. The van der Waals surface area contributed by atoms with Crippen molar-refractivity contribution in [2.75, 3.05) is 0 Å². The molecule has 2 nitrogen and oxygen atoms in total. The first kappa shape index (κ1) is 13.4. The molecule has 21 heavy (non-hydrogen) atoms. The van der Waals surface area contributed by atoms with Gasteiger partial charge in [-0.1, -0.05) is 42.5 Å². The van der Waals surface area contributed by atoms with E-state index in [4.69, 9.17) is 0 Å². The molecule has 104 valence electrons. The predicted molar refractivity (Wildman–Crippen MR) is 87.5 cm³/mol. The lowest BCUT2D eigenvalue weighted by Crippen LogP contribution is -2.02. The zero-order valence-corrected chi connectivity index (χ0v) is 12.2. The van der Waals surface area contributed by atoms with Gasteiger partial charge in [0.2, 0.25) is 0 Å². The van der Waals surface area contributed by atoms with Crippen molar-refractivity contribution in [1.82, 2.24) is 4.98 Å². The number of rotatable bonds is 3. The Morgan fingerprint density at radius 2 is 1.76 bits per heavy atom. The van der Waals surface area contributed by atoms with Gasteiger partial charge in [0.05, 0.1) is 0 Å². The van der Waals surface area contributed by atoms with E-state index < -0.39 is 0 Å². The summed E-state index contributed by atoms with van der Waals surface area (Å²) in [6.07, 6.45) is 3.90. The van der Waals surface area contributed by atoms with Crippen LogP contribution in [0.1, 0.15) is 28.4 Å². The normalized spacial score (nSPS) is 11.8. The van der Waals surface area contributed by atoms with E-state index in [0.717, 1.165) is 33.2 Å².